The molecule has 2 fully saturated rings. The van der Waals surface area contributed by atoms with E-state index >= 15 is 0 Å². The quantitative estimate of drug-likeness (QED) is 0.504. The standard InChI is InChI=1S/C21H35NO9/c1-19(2,3)16(24)29-13-10-28-12-9-21(11-23,17(25)27-8)30-15(12)14(13)22(7)18(26)31-20(4,5)6/h12-15,23H,9-11H2,1-8H3/t12-,13+,14-,15+,21+/m1/s1. The third kappa shape index (κ3) is 5.48. The van der Waals surface area contributed by atoms with Crippen LogP contribution in [0.4, 0.5) is 4.79 Å². The van der Waals surface area contributed by atoms with Crippen molar-refractivity contribution < 1.29 is 43.2 Å². The molecule has 0 spiro atoms. The van der Waals surface area contributed by atoms with Gasteiger partial charge in [0.25, 0.3) is 0 Å². The van der Waals surface area contributed by atoms with Crippen LogP contribution in [0.15, 0.2) is 0 Å². The van der Waals surface area contributed by atoms with Gasteiger partial charge in [0.2, 0.25) is 0 Å². The maximum atomic E-state index is 12.8. The first-order chi connectivity index (χ1) is 14.1. The van der Waals surface area contributed by atoms with Crippen LogP contribution in [0.3, 0.4) is 0 Å². The van der Waals surface area contributed by atoms with Crippen molar-refractivity contribution in [3.63, 3.8) is 0 Å². The van der Waals surface area contributed by atoms with E-state index in [0.29, 0.717) is 0 Å². The number of hydrogen-bond acceptors (Lipinski definition) is 9. The van der Waals surface area contributed by atoms with Gasteiger partial charge < -0.3 is 33.7 Å². The van der Waals surface area contributed by atoms with Crippen LogP contribution in [-0.4, -0.2) is 91.0 Å². The van der Waals surface area contributed by atoms with Gasteiger partial charge in [-0.2, -0.15) is 0 Å². The lowest BCUT2D eigenvalue weighted by molar-refractivity contribution is -0.201. The molecule has 1 amide bonds. The van der Waals surface area contributed by atoms with E-state index in [2.05, 4.69) is 0 Å². The lowest BCUT2D eigenvalue weighted by atomic mass is 9.92. The van der Waals surface area contributed by atoms with Crippen LogP contribution < -0.4 is 0 Å². The summed E-state index contributed by atoms with van der Waals surface area (Å²) in [5.74, 6) is -1.21. The first-order valence-corrected chi connectivity index (χ1v) is 10.3. The highest BCUT2D eigenvalue weighted by atomic mass is 16.6. The number of amides is 1. The van der Waals surface area contributed by atoms with Crippen LogP contribution >= 0.6 is 0 Å². The number of nitrogens with zero attached hydrogens (tertiary/aromatic N) is 1. The van der Waals surface area contributed by atoms with Crippen LogP contribution in [0.25, 0.3) is 0 Å². The maximum absolute atomic E-state index is 12.8. The molecule has 0 bridgehead atoms. The molecule has 1 N–H and O–H groups in total. The Balaban J connectivity index is 2.38. The van der Waals surface area contributed by atoms with Crippen molar-refractivity contribution in [1.82, 2.24) is 4.90 Å². The molecule has 0 radical (unpaired) electrons. The van der Waals surface area contributed by atoms with Crippen molar-refractivity contribution >= 4 is 18.0 Å². The third-order valence-corrected chi connectivity index (χ3v) is 5.26. The number of aliphatic hydroxyl groups is 1. The van der Waals surface area contributed by atoms with Crippen LogP contribution in [0, 0.1) is 5.41 Å². The highest BCUT2D eigenvalue weighted by molar-refractivity contribution is 5.80. The zero-order valence-corrected chi connectivity index (χ0v) is 19.6. The van der Waals surface area contributed by atoms with Gasteiger partial charge in [-0.05, 0) is 41.5 Å². The van der Waals surface area contributed by atoms with Gasteiger partial charge in [0.05, 0.1) is 31.8 Å². The number of carbonyl (C=O) groups is 3. The summed E-state index contributed by atoms with van der Waals surface area (Å²) < 4.78 is 27.8. The predicted octanol–water partition coefficient (Wildman–Crippen LogP) is 1.27. The zero-order chi connectivity index (χ0) is 23.8. The normalized spacial score (nSPS) is 30.9. The summed E-state index contributed by atoms with van der Waals surface area (Å²) in [6, 6.07) is -0.807. The fourth-order valence-electron chi connectivity index (χ4n) is 3.62. The van der Waals surface area contributed by atoms with Crippen molar-refractivity contribution in [2.75, 3.05) is 27.4 Å². The average Bonchev–Trinajstić information content (AvgIpc) is 3.04. The molecule has 2 saturated heterocycles. The minimum absolute atomic E-state index is 0.00711. The van der Waals surface area contributed by atoms with E-state index in [0.717, 1.165) is 0 Å². The lowest BCUT2D eigenvalue weighted by Gasteiger charge is -2.43. The Morgan fingerprint density at radius 1 is 1.16 bits per heavy atom. The molecule has 0 aliphatic carbocycles. The number of carbonyl (C=O) groups excluding carboxylic acids is 3. The number of aliphatic hydroxyl groups excluding tert-OH is 1. The zero-order valence-electron chi connectivity index (χ0n) is 19.6. The van der Waals surface area contributed by atoms with Gasteiger partial charge in [-0.15, -0.1) is 0 Å². The van der Waals surface area contributed by atoms with Crippen molar-refractivity contribution in [2.45, 2.75) is 83.5 Å². The van der Waals surface area contributed by atoms with Gasteiger partial charge >= 0.3 is 18.0 Å². The Morgan fingerprint density at radius 3 is 2.26 bits per heavy atom. The van der Waals surface area contributed by atoms with E-state index < -0.39 is 65.6 Å². The lowest BCUT2D eigenvalue weighted by Crippen LogP contribution is -2.61. The Morgan fingerprint density at radius 2 is 1.77 bits per heavy atom. The molecule has 0 unspecified atom stereocenters. The second-order valence-corrected chi connectivity index (χ2v) is 10.1. The molecule has 2 rings (SSSR count). The molecule has 0 aromatic carbocycles. The van der Waals surface area contributed by atoms with Crippen LogP contribution in [-0.2, 0) is 33.3 Å². The van der Waals surface area contributed by atoms with Gasteiger partial charge in [0.1, 0.15) is 23.9 Å². The fraction of sp³-hybridized carbons (Fsp3) is 0.857. The van der Waals surface area contributed by atoms with E-state index in [1.165, 1.54) is 19.1 Å². The Labute approximate surface area is 183 Å². The number of methoxy groups -OCH3 is 1. The molecule has 178 valence electrons. The Bertz CT molecular complexity index is 696. The molecule has 0 saturated carbocycles. The van der Waals surface area contributed by atoms with E-state index in [-0.39, 0.29) is 13.0 Å². The summed E-state index contributed by atoms with van der Waals surface area (Å²) >= 11 is 0. The number of rotatable bonds is 4. The Hall–Kier alpha value is -1.91. The van der Waals surface area contributed by atoms with E-state index in [4.69, 9.17) is 23.7 Å². The molecule has 2 aliphatic heterocycles. The SMILES string of the molecule is COC(=O)[C@@]1(CO)C[C@H]2OC[C@H](OC(=O)C(C)(C)C)[C@@H](N(C)C(=O)OC(C)(C)C)[C@H]2O1. The second-order valence-electron chi connectivity index (χ2n) is 10.1. The summed E-state index contributed by atoms with van der Waals surface area (Å²) in [5, 5.41) is 9.90. The molecule has 0 aromatic heterocycles. The number of esters is 2. The summed E-state index contributed by atoms with van der Waals surface area (Å²) in [5.41, 5.74) is -3.14. The minimum atomic E-state index is -1.62. The summed E-state index contributed by atoms with van der Waals surface area (Å²) in [6.07, 6.45) is -2.93. The number of hydrogen-bond donors (Lipinski definition) is 1. The summed E-state index contributed by atoms with van der Waals surface area (Å²) in [6.45, 7) is 9.74. The number of ether oxygens (including phenoxy) is 5. The van der Waals surface area contributed by atoms with Gasteiger partial charge in [-0.25, -0.2) is 9.59 Å². The predicted molar refractivity (Wildman–Crippen MR) is 108 cm³/mol. The van der Waals surface area contributed by atoms with Gasteiger partial charge in [0.15, 0.2) is 5.60 Å². The molecule has 0 aromatic rings. The summed E-state index contributed by atoms with van der Waals surface area (Å²) in [4.78, 5) is 39.0. The third-order valence-electron chi connectivity index (χ3n) is 5.26. The highest BCUT2D eigenvalue weighted by Gasteiger charge is 2.60. The number of likely N-dealkylation sites (N-methyl/N-ethyl adjacent to an activating group) is 1. The molecular weight excluding hydrogens is 410 g/mol. The average molecular weight is 446 g/mol. The van der Waals surface area contributed by atoms with Crippen molar-refractivity contribution in [3.05, 3.63) is 0 Å². The largest absolute Gasteiger partial charge is 0.467 e. The molecule has 31 heavy (non-hydrogen) atoms. The molecule has 2 aliphatic rings. The van der Waals surface area contributed by atoms with E-state index in [1.807, 2.05) is 0 Å². The van der Waals surface area contributed by atoms with Gasteiger partial charge in [-0.1, -0.05) is 0 Å². The van der Waals surface area contributed by atoms with Crippen molar-refractivity contribution in [1.29, 1.82) is 0 Å². The monoisotopic (exact) mass is 445 g/mol. The molecule has 10 heteroatoms. The molecular formula is C21H35NO9. The van der Waals surface area contributed by atoms with Crippen LogP contribution in [0.1, 0.15) is 48.0 Å². The number of fused-ring (bicyclic) bond motifs is 1. The highest BCUT2D eigenvalue weighted by Crippen LogP contribution is 2.40. The first kappa shape index (κ1) is 25.4. The fourth-order valence-corrected chi connectivity index (χ4v) is 3.62. The van der Waals surface area contributed by atoms with Crippen LogP contribution in [0.5, 0.6) is 0 Å². The second kappa shape index (κ2) is 8.91. The smallest absolute Gasteiger partial charge is 0.410 e. The minimum Gasteiger partial charge on any atom is -0.467 e. The van der Waals surface area contributed by atoms with Crippen molar-refractivity contribution in [3.8, 4) is 0 Å². The van der Waals surface area contributed by atoms with Crippen molar-refractivity contribution in [2.24, 2.45) is 5.41 Å². The molecule has 2 heterocycles. The maximum Gasteiger partial charge on any atom is 0.410 e. The van der Waals surface area contributed by atoms with E-state index in [9.17, 15) is 19.5 Å². The van der Waals surface area contributed by atoms with Gasteiger partial charge in [0, 0.05) is 13.5 Å². The Kier molecular flexibility index (Phi) is 7.29. The topological polar surface area (TPSA) is 121 Å². The molecule has 10 nitrogen and oxygen atoms in total. The molecule has 5 atom stereocenters. The van der Waals surface area contributed by atoms with Crippen LogP contribution in [0.2, 0.25) is 0 Å². The van der Waals surface area contributed by atoms with E-state index in [1.54, 1.807) is 41.5 Å². The summed E-state index contributed by atoms with van der Waals surface area (Å²) in [7, 11) is 2.71. The van der Waals surface area contributed by atoms with Gasteiger partial charge in [-0.3, -0.25) is 4.79 Å². The first-order valence-electron chi connectivity index (χ1n) is 10.3.